The fraction of sp³-hybridized carbons (Fsp3) is 0.381. The molecule has 0 bridgehead atoms. The maximum absolute atomic E-state index is 13.1. The third kappa shape index (κ3) is 5.78. The third-order valence-electron chi connectivity index (χ3n) is 5.12. The second kappa shape index (κ2) is 9.24. The first-order valence-corrected chi connectivity index (χ1v) is 11.5. The van der Waals surface area contributed by atoms with Crippen LogP contribution < -0.4 is 5.32 Å². The molecule has 1 saturated heterocycles. The van der Waals surface area contributed by atoms with Gasteiger partial charge >= 0.3 is 0 Å². The average Bonchev–Trinajstić information content (AvgIpc) is 2.68. The fourth-order valence-electron chi connectivity index (χ4n) is 3.50. The molecule has 1 heterocycles. The zero-order chi connectivity index (χ0) is 21.0. The number of hydrogen-bond donors (Lipinski definition) is 1. The number of carbonyl (C=O) groups excluding carboxylic acids is 1. The van der Waals surface area contributed by atoms with Crippen LogP contribution in [0, 0.1) is 11.7 Å². The minimum absolute atomic E-state index is 0.145. The fourth-order valence-corrected chi connectivity index (χ4v) is 5.31. The molecule has 1 N–H and O–H groups in total. The number of carbonyl (C=O) groups is 1. The van der Waals surface area contributed by atoms with Crippen LogP contribution in [-0.4, -0.2) is 31.7 Å². The molecule has 0 aromatic heterocycles. The van der Waals surface area contributed by atoms with Gasteiger partial charge in [-0.2, -0.15) is 0 Å². The highest BCUT2D eigenvalue weighted by Crippen LogP contribution is 2.23. The van der Waals surface area contributed by atoms with Gasteiger partial charge in [-0.05, 0) is 55.2 Å². The highest BCUT2D eigenvalue weighted by Gasteiger charge is 2.32. The van der Waals surface area contributed by atoms with Crippen LogP contribution in [0.4, 0.5) is 4.39 Å². The summed E-state index contributed by atoms with van der Waals surface area (Å²) in [6.45, 7) is 2.38. The van der Waals surface area contributed by atoms with E-state index in [1.54, 1.807) is 36.4 Å². The number of rotatable bonds is 6. The molecule has 1 fully saturated rings. The molecule has 0 spiro atoms. The lowest BCUT2D eigenvalue weighted by Gasteiger charge is -2.32. The SMILES string of the molecule is C[C@@H](NC(=O)[C@@H]1CCCN(S(=O)(=O)Cc2cccc(Cl)c2)C1)c1ccc(F)cc1. The summed E-state index contributed by atoms with van der Waals surface area (Å²) in [6, 6.07) is 12.4. The van der Waals surface area contributed by atoms with E-state index in [1.807, 2.05) is 6.92 Å². The lowest BCUT2D eigenvalue weighted by atomic mass is 9.98. The Morgan fingerprint density at radius 3 is 2.69 bits per heavy atom. The Hall–Kier alpha value is -1.96. The molecule has 1 aliphatic heterocycles. The summed E-state index contributed by atoms with van der Waals surface area (Å²) in [6.07, 6.45) is 1.25. The van der Waals surface area contributed by atoms with E-state index in [4.69, 9.17) is 11.6 Å². The van der Waals surface area contributed by atoms with Crippen LogP contribution in [0.2, 0.25) is 5.02 Å². The minimum atomic E-state index is -3.55. The van der Waals surface area contributed by atoms with E-state index in [-0.39, 0.29) is 30.1 Å². The molecule has 1 amide bonds. The number of nitrogens with one attached hydrogen (secondary N) is 1. The monoisotopic (exact) mass is 438 g/mol. The number of amides is 1. The van der Waals surface area contributed by atoms with Gasteiger partial charge in [0.2, 0.25) is 15.9 Å². The van der Waals surface area contributed by atoms with Crippen molar-refractivity contribution in [2.75, 3.05) is 13.1 Å². The second-order valence-corrected chi connectivity index (χ2v) is 9.77. The van der Waals surface area contributed by atoms with E-state index in [0.717, 1.165) is 5.56 Å². The Morgan fingerprint density at radius 2 is 2.00 bits per heavy atom. The van der Waals surface area contributed by atoms with E-state index in [1.165, 1.54) is 16.4 Å². The first kappa shape index (κ1) is 21.7. The Morgan fingerprint density at radius 1 is 1.28 bits per heavy atom. The predicted octanol–water partition coefficient (Wildman–Crippen LogP) is 3.90. The first-order valence-electron chi connectivity index (χ1n) is 9.53. The van der Waals surface area contributed by atoms with Crippen LogP contribution in [0.1, 0.15) is 36.9 Å². The molecule has 29 heavy (non-hydrogen) atoms. The molecular formula is C21H24ClFN2O3S. The summed E-state index contributed by atoms with van der Waals surface area (Å²) < 4.78 is 40.1. The number of halogens is 2. The molecular weight excluding hydrogens is 415 g/mol. The molecule has 8 heteroatoms. The van der Waals surface area contributed by atoms with Crippen LogP contribution in [0.25, 0.3) is 0 Å². The molecule has 156 valence electrons. The zero-order valence-electron chi connectivity index (χ0n) is 16.1. The zero-order valence-corrected chi connectivity index (χ0v) is 17.7. The Kier molecular flexibility index (Phi) is 6.93. The molecule has 1 aliphatic rings. The molecule has 2 aromatic carbocycles. The van der Waals surface area contributed by atoms with Crippen LogP contribution in [0.3, 0.4) is 0 Å². The van der Waals surface area contributed by atoms with E-state index >= 15 is 0 Å². The predicted molar refractivity (Wildman–Crippen MR) is 111 cm³/mol. The standard InChI is InChI=1S/C21H24ClFN2O3S/c1-15(17-7-9-20(23)10-8-17)24-21(26)18-5-3-11-25(13-18)29(27,28)14-16-4-2-6-19(22)12-16/h2,4,6-10,12,15,18H,3,5,11,13-14H2,1H3,(H,24,26)/t15-,18-/m1/s1. The normalized spacial score (nSPS) is 18.9. The van der Waals surface area contributed by atoms with Gasteiger partial charge in [-0.25, -0.2) is 17.1 Å². The van der Waals surface area contributed by atoms with Crippen molar-refractivity contribution in [2.24, 2.45) is 5.92 Å². The smallest absolute Gasteiger partial charge is 0.224 e. The van der Waals surface area contributed by atoms with Gasteiger partial charge in [0.05, 0.1) is 17.7 Å². The molecule has 3 rings (SSSR count). The van der Waals surface area contributed by atoms with Gasteiger partial charge in [-0.3, -0.25) is 4.79 Å². The molecule has 0 saturated carbocycles. The van der Waals surface area contributed by atoms with Gasteiger partial charge in [-0.15, -0.1) is 0 Å². The maximum Gasteiger partial charge on any atom is 0.224 e. The number of sulfonamides is 1. The van der Waals surface area contributed by atoms with Gasteiger partial charge < -0.3 is 5.32 Å². The molecule has 2 atom stereocenters. The summed E-state index contributed by atoms with van der Waals surface area (Å²) in [5.41, 5.74) is 1.41. The largest absolute Gasteiger partial charge is 0.349 e. The van der Waals surface area contributed by atoms with Crippen molar-refractivity contribution >= 4 is 27.5 Å². The molecule has 0 aliphatic carbocycles. The number of benzene rings is 2. The summed E-state index contributed by atoms with van der Waals surface area (Å²) in [4.78, 5) is 12.7. The van der Waals surface area contributed by atoms with Crippen molar-refractivity contribution in [3.8, 4) is 0 Å². The molecule has 2 aromatic rings. The summed E-state index contributed by atoms with van der Waals surface area (Å²) in [5.74, 6) is -1.08. The van der Waals surface area contributed by atoms with Crippen molar-refractivity contribution in [3.05, 3.63) is 70.5 Å². The Balaban J connectivity index is 1.63. The summed E-state index contributed by atoms with van der Waals surface area (Å²) >= 11 is 5.95. The lowest BCUT2D eigenvalue weighted by Crippen LogP contribution is -2.46. The van der Waals surface area contributed by atoms with Crippen LogP contribution in [-0.2, 0) is 20.6 Å². The van der Waals surface area contributed by atoms with Crippen molar-refractivity contribution in [2.45, 2.75) is 31.6 Å². The second-order valence-electron chi connectivity index (χ2n) is 7.37. The van der Waals surface area contributed by atoms with Crippen molar-refractivity contribution < 1.29 is 17.6 Å². The van der Waals surface area contributed by atoms with E-state index in [0.29, 0.717) is 30.0 Å². The topological polar surface area (TPSA) is 66.5 Å². The van der Waals surface area contributed by atoms with Crippen LogP contribution >= 0.6 is 11.6 Å². The highest BCUT2D eigenvalue weighted by atomic mass is 35.5. The molecule has 0 radical (unpaired) electrons. The van der Waals surface area contributed by atoms with Crippen molar-refractivity contribution in [1.82, 2.24) is 9.62 Å². The van der Waals surface area contributed by atoms with Crippen molar-refractivity contribution in [1.29, 1.82) is 0 Å². The van der Waals surface area contributed by atoms with Gasteiger partial charge in [0.1, 0.15) is 5.82 Å². The number of hydrogen-bond acceptors (Lipinski definition) is 3. The maximum atomic E-state index is 13.1. The molecule has 0 unspecified atom stereocenters. The van der Waals surface area contributed by atoms with E-state index in [9.17, 15) is 17.6 Å². The lowest BCUT2D eigenvalue weighted by molar-refractivity contribution is -0.126. The first-order chi connectivity index (χ1) is 13.7. The van der Waals surface area contributed by atoms with Gasteiger partial charge in [0.25, 0.3) is 0 Å². The Bertz CT molecular complexity index is 966. The number of nitrogens with zero attached hydrogens (tertiary/aromatic N) is 1. The van der Waals surface area contributed by atoms with Gasteiger partial charge in [-0.1, -0.05) is 35.9 Å². The summed E-state index contributed by atoms with van der Waals surface area (Å²) in [5, 5.41) is 3.40. The highest BCUT2D eigenvalue weighted by molar-refractivity contribution is 7.88. The van der Waals surface area contributed by atoms with E-state index < -0.39 is 15.9 Å². The van der Waals surface area contributed by atoms with Gasteiger partial charge in [0.15, 0.2) is 0 Å². The number of piperidine rings is 1. The van der Waals surface area contributed by atoms with E-state index in [2.05, 4.69) is 5.32 Å². The van der Waals surface area contributed by atoms with Gasteiger partial charge in [0, 0.05) is 18.1 Å². The quantitative estimate of drug-likeness (QED) is 0.743. The van der Waals surface area contributed by atoms with Crippen molar-refractivity contribution in [3.63, 3.8) is 0 Å². The average molecular weight is 439 g/mol. The van der Waals surface area contributed by atoms with Crippen LogP contribution in [0.15, 0.2) is 48.5 Å². The minimum Gasteiger partial charge on any atom is -0.349 e. The summed E-state index contributed by atoms with van der Waals surface area (Å²) in [7, 11) is -3.55. The Labute approximate surface area is 175 Å². The van der Waals surface area contributed by atoms with Crippen LogP contribution in [0.5, 0.6) is 0 Å². The third-order valence-corrected chi connectivity index (χ3v) is 7.17. The molecule has 5 nitrogen and oxygen atoms in total.